The molecule has 0 bridgehead atoms. The topological polar surface area (TPSA) is 75.5 Å². The molecule has 0 fully saturated rings. The second kappa shape index (κ2) is 5.59. The molecule has 98 valence electrons. The van der Waals surface area contributed by atoms with Crippen LogP contribution in [0.5, 0.6) is 0 Å². The molecule has 0 aromatic heterocycles. The quantitative estimate of drug-likeness (QED) is 0.653. The summed E-state index contributed by atoms with van der Waals surface area (Å²) in [5.74, 6) is -0.139. The summed E-state index contributed by atoms with van der Waals surface area (Å²) in [6.45, 7) is 3.76. The van der Waals surface area contributed by atoms with Crippen LogP contribution in [-0.4, -0.2) is 36.4 Å². The van der Waals surface area contributed by atoms with Crippen molar-refractivity contribution >= 4 is 17.3 Å². The van der Waals surface area contributed by atoms with Crippen LogP contribution in [0.4, 0.5) is 11.4 Å². The monoisotopic (exact) mass is 251 g/mol. The van der Waals surface area contributed by atoms with E-state index in [-0.39, 0.29) is 18.1 Å². The van der Waals surface area contributed by atoms with Crippen molar-refractivity contribution in [2.45, 2.75) is 13.8 Å². The molecule has 1 rings (SSSR count). The van der Waals surface area contributed by atoms with Crippen molar-refractivity contribution < 1.29 is 9.72 Å². The van der Waals surface area contributed by atoms with Crippen LogP contribution in [0.2, 0.25) is 0 Å². The predicted molar refractivity (Wildman–Crippen MR) is 69.8 cm³/mol. The molecule has 0 aliphatic rings. The van der Waals surface area contributed by atoms with E-state index >= 15 is 0 Å². The predicted octanol–water partition coefficient (Wildman–Crippen LogP) is 1.71. The fraction of sp³-hybridized carbons (Fsp3) is 0.417. The Kier molecular flexibility index (Phi) is 4.38. The second-order valence-corrected chi connectivity index (χ2v) is 4.50. The van der Waals surface area contributed by atoms with Gasteiger partial charge in [-0.25, -0.2) is 0 Å². The number of nitro benzene ring substituents is 1. The second-order valence-electron chi connectivity index (χ2n) is 4.50. The minimum atomic E-state index is -0.439. The Morgan fingerprint density at radius 2 is 1.83 bits per heavy atom. The van der Waals surface area contributed by atoms with E-state index in [4.69, 9.17) is 0 Å². The lowest BCUT2D eigenvalue weighted by Crippen LogP contribution is -2.27. The number of nitro groups is 1. The number of anilines is 1. The van der Waals surface area contributed by atoms with Crippen LogP contribution < -0.4 is 5.32 Å². The SMILES string of the molecule is Cc1cc([N+](=O)[O-])cc(C)c1NC(=O)CN(C)C. The van der Waals surface area contributed by atoms with Gasteiger partial charge in [0.15, 0.2) is 0 Å². The lowest BCUT2D eigenvalue weighted by Gasteiger charge is -2.14. The lowest BCUT2D eigenvalue weighted by atomic mass is 10.1. The van der Waals surface area contributed by atoms with Gasteiger partial charge in [0.2, 0.25) is 5.91 Å². The number of hydrogen-bond acceptors (Lipinski definition) is 4. The van der Waals surface area contributed by atoms with Gasteiger partial charge in [-0.2, -0.15) is 0 Å². The minimum Gasteiger partial charge on any atom is -0.324 e. The van der Waals surface area contributed by atoms with Gasteiger partial charge in [-0.3, -0.25) is 14.9 Å². The lowest BCUT2D eigenvalue weighted by molar-refractivity contribution is -0.384. The van der Waals surface area contributed by atoms with Crippen LogP contribution >= 0.6 is 0 Å². The first-order valence-corrected chi connectivity index (χ1v) is 5.51. The molecule has 0 heterocycles. The van der Waals surface area contributed by atoms with E-state index in [1.807, 2.05) is 0 Å². The van der Waals surface area contributed by atoms with E-state index in [2.05, 4.69) is 5.32 Å². The molecular formula is C12H17N3O3. The van der Waals surface area contributed by atoms with E-state index in [0.717, 1.165) is 0 Å². The first-order valence-electron chi connectivity index (χ1n) is 5.51. The average Bonchev–Trinajstić information content (AvgIpc) is 2.21. The molecule has 18 heavy (non-hydrogen) atoms. The molecule has 0 atom stereocenters. The third-order valence-corrected chi connectivity index (χ3v) is 2.45. The van der Waals surface area contributed by atoms with E-state index in [9.17, 15) is 14.9 Å². The first-order chi connectivity index (χ1) is 8.31. The van der Waals surface area contributed by atoms with E-state index < -0.39 is 4.92 Å². The molecule has 0 saturated heterocycles. The van der Waals surface area contributed by atoms with Crippen molar-refractivity contribution in [1.82, 2.24) is 4.90 Å². The summed E-state index contributed by atoms with van der Waals surface area (Å²) in [5, 5.41) is 13.5. The van der Waals surface area contributed by atoms with Gasteiger partial charge in [0.1, 0.15) is 0 Å². The molecule has 0 spiro atoms. The number of non-ortho nitro benzene ring substituents is 1. The summed E-state index contributed by atoms with van der Waals surface area (Å²) in [6, 6.07) is 2.91. The van der Waals surface area contributed by atoms with Gasteiger partial charge in [-0.05, 0) is 39.1 Å². The van der Waals surface area contributed by atoms with Crippen LogP contribution in [0.15, 0.2) is 12.1 Å². The van der Waals surface area contributed by atoms with Crippen molar-refractivity contribution in [3.05, 3.63) is 33.4 Å². The third-order valence-electron chi connectivity index (χ3n) is 2.45. The maximum atomic E-state index is 11.7. The molecule has 1 aromatic carbocycles. The fourth-order valence-corrected chi connectivity index (χ4v) is 1.71. The van der Waals surface area contributed by atoms with Gasteiger partial charge in [-0.1, -0.05) is 0 Å². The van der Waals surface area contributed by atoms with Gasteiger partial charge < -0.3 is 10.2 Å². The van der Waals surface area contributed by atoms with Crippen molar-refractivity contribution in [3.8, 4) is 0 Å². The molecule has 0 aliphatic carbocycles. The van der Waals surface area contributed by atoms with Crippen LogP contribution in [0.25, 0.3) is 0 Å². The number of nitrogens with zero attached hydrogens (tertiary/aromatic N) is 2. The van der Waals surface area contributed by atoms with Gasteiger partial charge in [0, 0.05) is 17.8 Å². The maximum Gasteiger partial charge on any atom is 0.270 e. The van der Waals surface area contributed by atoms with Crippen molar-refractivity contribution in [3.63, 3.8) is 0 Å². The standard InChI is InChI=1S/C12H17N3O3/c1-8-5-10(15(17)18)6-9(2)12(8)13-11(16)7-14(3)4/h5-6H,7H2,1-4H3,(H,13,16). The Labute approximate surface area is 106 Å². The summed E-state index contributed by atoms with van der Waals surface area (Å²) in [7, 11) is 3.60. The highest BCUT2D eigenvalue weighted by molar-refractivity contribution is 5.94. The number of aryl methyl sites for hydroxylation is 2. The molecule has 1 aromatic rings. The molecule has 0 radical (unpaired) electrons. The molecule has 1 amide bonds. The molecule has 0 saturated carbocycles. The summed E-state index contributed by atoms with van der Waals surface area (Å²) >= 11 is 0. The summed E-state index contributed by atoms with van der Waals surface area (Å²) in [4.78, 5) is 23.7. The first kappa shape index (κ1) is 14.1. The highest BCUT2D eigenvalue weighted by Gasteiger charge is 2.14. The zero-order chi connectivity index (χ0) is 13.9. The summed E-state index contributed by atoms with van der Waals surface area (Å²) in [5.41, 5.74) is 2.06. The van der Waals surface area contributed by atoms with Gasteiger partial charge in [0.05, 0.1) is 11.5 Å². The van der Waals surface area contributed by atoms with E-state index in [1.54, 1.807) is 32.8 Å². The van der Waals surface area contributed by atoms with Crippen LogP contribution in [-0.2, 0) is 4.79 Å². The highest BCUT2D eigenvalue weighted by Crippen LogP contribution is 2.25. The van der Waals surface area contributed by atoms with E-state index in [1.165, 1.54) is 12.1 Å². The Balaban J connectivity index is 2.97. The van der Waals surface area contributed by atoms with Crippen molar-refractivity contribution in [2.24, 2.45) is 0 Å². The van der Waals surface area contributed by atoms with Gasteiger partial charge >= 0.3 is 0 Å². The fourth-order valence-electron chi connectivity index (χ4n) is 1.71. The van der Waals surface area contributed by atoms with Crippen molar-refractivity contribution in [2.75, 3.05) is 26.0 Å². The molecule has 1 N–H and O–H groups in total. The number of nitrogens with one attached hydrogen (secondary N) is 1. The molecule has 6 nitrogen and oxygen atoms in total. The Bertz CT molecular complexity index is 460. The number of hydrogen-bond donors (Lipinski definition) is 1. The zero-order valence-electron chi connectivity index (χ0n) is 11.0. The highest BCUT2D eigenvalue weighted by atomic mass is 16.6. The number of rotatable bonds is 4. The van der Waals surface area contributed by atoms with Crippen LogP contribution in [0.3, 0.4) is 0 Å². The third kappa shape index (κ3) is 3.53. The van der Waals surface area contributed by atoms with Gasteiger partial charge in [-0.15, -0.1) is 0 Å². The maximum absolute atomic E-state index is 11.7. The average molecular weight is 251 g/mol. The number of benzene rings is 1. The summed E-state index contributed by atoms with van der Waals surface area (Å²) in [6.07, 6.45) is 0. The Hall–Kier alpha value is -1.95. The van der Waals surface area contributed by atoms with Crippen molar-refractivity contribution in [1.29, 1.82) is 0 Å². The largest absolute Gasteiger partial charge is 0.324 e. The van der Waals surface area contributed by atoms with Gasteiger partial charge in [0.25, 0.3) is 5.69 Å². The Morgan fingerprint density at radius 1 is 1.33 bits per heavy atom. The molecule has 0 unspecified atom stereocenters. The number of carbonyl (C=O) groups is 1. The number of carbonyl (C=O) groups excluding carboxylic acids is 1. The molecular weight excluding hydrogens is 234 g/mol. The smallest absolute Gasteiger partial charge is 0.270 e. The normalized spacial score (nSPS) is 10.5. The zero-order valence-corrected chi connectivity index (χ0v) is 11.0. The minimum absolute atomic E-state index is 0.0376. The molecule has 6 heteroatoms. The Morgan fingerprint density at radius 3 is 2.22 bits per heavy atom. The number of likely N-dealkylation sites (N-methyl/N-ethyl adjacent to an activating group) is 1. The number of amides is 1. The van der Waals surface area contributed by atoms with Crippen LogP contribution in [0.1, 0.15) is 11.1 Å². The van der Waals surface area contributed by atoms with Crippen LogP contribution in [0, 0.1) is 24.0 Å². The summed E-state index contributed by atoms with van der Waals surface area (Å²) < 4.78 is 0. The molecule has 0 aliphatic heterocycles. The van der Waals surface area contributed by atoms with E-state index in [0.29, 0.717) is 16.8 Å².